The number of hydrogen-bond donors (Lipinski definition) is 0. The topological polar surface area (TPSA) is 0 Å². The molecule has 1 rings (SSSR count). The van der Waals surface area contributed by atoms with E-state index in [1.165, 1.54) is 38.5 Å². The van der Waals surface area contributed by atoms with E-state index in [1.807, 2.05) is 0 Å². The Morgan fingerprint density at radius 1 is 0.727 bits per heavy atom. The molecule has 11 heavy (non-hydrogen) atoms. The van der Waals surface area contributed by atoms with Crippen LogP contribution in [0.3, 0.4) is 0 Å². The fraction of sp³-hybridized carbons (Fsp3) is 0.800. The Morgan fingerprint density at radius 2 is 0.818 bits per heavy atom. The minimum Gasteiger partial charge on any atom is -0.358 e. The normalized spacial score (nSPS) is 12.5. The molecule has 1 saturated carbocycles. The summed E-state index contributed by atoms with van der Waals surface area (Å²) >= 11 is 0. The van der Waals surface area contributed by atoms with Crippen molar-refractivity contribution in [3.05, 3.63) is 14.9 Å². The maximum absolute atomic E-state index is 2.12. The van der Waals surface area contributed by atoms with Crippen molar-refractivity contribution < 1.29 is 20.4 Å². The fourth-order valence-electron chi connectivity index (χ4n) is 0.884. The molecule has 0 nitrogen and oxygen atoms in total. The quantitative estimate of drug-likeness (QED) is 0.445. The molecular formula is C10H24Pd. The molecule has 1 heteroatoms. The zero-order valence-corrected chi connectivity index (χ0v) is 10.1. The van der Waals surface area contributed by atoms with Gasteiger partial charge in [-0.2, -0.15) is 0 Å². The fourth-order valence-corrected chi connectivity index (χ4v) is 0.884. The van der Waals surface area contributed by atoms with Crippen LogP contribution in [0.4, 0.5) is 0 Å². The van der Waals surface area contributed by atoms with Gasteiger partial charge >= 0.3 is 20.4 Å². The van der Waals surface area contributed by atoms with E-state index < -0.39 is 0 Å². The van der Waals surface area contributed by atoms with E-state index in [0.29, 0.717) is 0 Å². The minimum atomic E-state index is 0. The molecule has 0 N–H and O–H groups in total. The molecule has 0 unspecified atom stereocenters. The summed E-state index contributed by atoms with van der Waals surface area (Å²) in [5.74, 6) is 0. The Kier molecular flexibility index (Phi) is 46.0. The average Bonchev–Trinajstić information content (AvgIpc) is 2.17. The van der Waals surface area contributed by atoms with Crippen LogP contribution in [0.1, 0.15) is 52.4 Å². The molecule has 0 atom stereocenters. The van der Waals surface area contributed by atoms with Crippen molar-refractivity contribution in [2.24, 2.45) is 0 Å². The maximum atomic E-state index is 2.12. The van der Waals surface area contributed by atoms with E-state index >= 15 is 0 Å². The third kappa shape index (κ3) is 25.0. The second-order valence-corrected chi connectivity index (χ2v) is 2.47. The second kappa shape index (κ2) is 22.4. The van der Waals surface area contributed by atoms with Crippen LogP contribution in [-0.2, 0) is 20.4 Å². The predicted molar refractivity (Wildman–Crippen MR) is 51.9 cm³/mol. The van der Waals surface area contributed by atoms with E-state index in [9.17, 15) is 0 Å². The maximum Gasteiger partial charge on any atom is 2.00 e. The second-order valence-electron chi connectivity index (χ2n) is 2.47. The van der Waals surface area contributed by atoms with Crippen LogP contribution < -0.4 is 0 Å². The van der Waals surface area contributed by atoms with Crippen LogP contribution in [0.2, 0.25) is 0 Å². The Labute approximate surface area is 87.8 Å². The summed E-state index contributed by atoms with van der Waals surface area (Å²) in [7, 11) is 0. The van der Waals surface area contributed by atoms with Crippen LogP contribution in [0, 0.1) is 14.9 Å². The summed E-state index contributed by atoms with van der Waals surface area (Å²) in [5, 5.41) is 0. The van der Waals surface area contributed by atoms with Gasteiger partial charge in [0.25, 0.3) is 0 Å². The van der Waals surface area contributed by atoms with Gasteiger partial charge in [0.2, 0.25) is 0 Å². The monoisotopic (exact) mass is 250 g/mol. The first-order valence-electron chi connectivity index (χ1n) is 3.91. The summed E-state index contributed by atoms with van der Waals surface area (Å²) in [5.41, 5.74) is 0. The summed E-state index contributed by atoms with van der Waals surface area (Å²) in [6, 6.07) is 0. The van der Waals surface area contributed by atoms with Crippen molar-refractivity contribution in [3.8, 4) is 0 Å². The van der Waals surface area contributed by atoms with E-state index in [2.05, 4.69) is 13.8 Å². The van der Waals surface area contributed by atoms with Gasteiger partial charge in [-0.25, -0.2) is 0 Å². The van der Waals surface area contributed by atoms with Crippen LogP contribution in [0.25, 0.3) is 0 Å². The van der Waals surface area contributed by atoms with Gasteiger partial charge < -0.3 is 14.9 Å². The Balaban J connectivity index is -0.0000000379. The molecule has 0 heterocycles. The largest absolute Gasteiger partial charge is 2.00 e. The first kappa shape index (κ1) is 22.6. The SMILES string of the molecule is C1CCCC1.CCC.[CH3-].[CH3-].[Pd+2]. The van der Waals surface area contributed by atoms with Crippen molar-refractivity contribution in [3.63, 3.8) is 0 Å². The molecule has 74 valence electrons. The smallest absolute Gasteiger partial charge is 0.358 e. The molecule has 0 saturated heterocycles. The van der Waals surface area contributed by atoms with Crippen molar-refractivity contribution in [1.29, 1.82) is 0 Å². The summed E-state index contributed by atoms with van der Waals surface area (Å²) in [4.78, 5) is 0. The van der Waals surface area contributed by atoms with E-state index in [1.54, 1.807) is 0 Å². The van der Waals surface area contributed by atoms with Crippen molar-refractivity contribution in [2.75, 3.05) is 0 Å². The van der Waals surface area contributed by atoms with Gasteiger partial charge in [0.05, 0.1) is 0 Å². The number of hydrogen-bond acceptors (Lipinski definition) is 0. The van der Waals surface area contributed by atoms with E-state index in [4.69, 9.17) is 0 Å². The summed E-state index contributed by atoms with van der Waals surface area (Å²) < 4.78 is 0. The van der Waals surface area contributed by atoms with Gasteiger partial charge in [0, 0.05) is 0 Å². The molecule has 0 spiro atoms. The van der Waals surface area contributed by atoms with Gasteiger partial charge in [-0.15, -0.1) is 0 Å². The summed E-state index contributed by atoms with van der Waals surface area (Å²) in [6.45, 7) is 4.25. The van der Waals surface area contributed by atoms with Crippen LogP contribution in [0.5, 0.6) is 0 Å². The number of rotatable bonds is 0. The Bertz CT molecular complexity index is 24.2. The van der Waals surface area contributed by atoms with Crippen molar-refractivity contribution >= 4 is 0 Å². The molecule has 1 aliphatic carbocycles. The first-order chi connectivity index (χ1) is 3.91. The Morgan fingerprint density at radius 3 is 0.909 bits per heavy atom. The molecule has 0 aliphatic heterocycles. The van der Waals surface area contributed by atoms with Gasteiger partial charge in [-0.05, 0) is 0 Å². The molecule has 0 aromatic heterocycles. The average molecular weight is 251 g/mol. The molecule has 0 bridgehead atoms. The Hall–Kier alpha value is 0.662. The van der Waals surface area contributed by atoms with Gasteiger partial charge in [-0.1, -0.05) is 52.4 Å². The third-order valence-electron chi connectivity index (χ3n) is 1.25. The van der Waals surface area contributed by atoms with Crippen LogP contribution in [0.15, 0.2) is 0 Å². The molecule has 0 aromatic carbocycles. The van der Waals surface area contributed by atoms with E-state index in [-0.39, 0.29) is 35.3 Å². The summed E-state index contributed by atoms with van der Waals surface area (Å²) in [6.07, 6.45) is 8.75. The molecule has 0 amide bonds. The molecule has 1 aliphatic rings. The van der Waals surface area contributed by atoms with Crippen molar-refractivity contribution in [1.82, 2.24) is 0 Å². The first-order valence-corrected chi connectivity index (χ1v) is 3.91. The van der Waals surface area contributed by atoms with Gasteiger partial charge in [0.1, 0.15) is 0 Å². The molecule has 0 radical (unpaired) electrons. The van der Waals surface area contributed by atoms with E-state index in [0.717, 1.165) is 0 Å². The third-order valence-corrected chi connectivity index (χ3v) is 1.25. The van der Waals surface area contributed by atoms with Gasteiger partial charge in [0.15, 0.2) is 0 Å². The zero-order valence-electron chi connectivity index (χ0n) is 8.56. The predicted octanol–water partition coefficient (Wildman–Crippen LogP) is 4.26. The molecule has 1 fully saturated rings. The minimum absolute atomic E-state index is 0. The van der Waals surface area contributed by atoms with Crippen LogP contribution in [-0.4, -0.2) is 0 Å². The van der Waals surface area contributed by atoms with Crippen LogP contribution >= 0.6 is 0 Å². The van der Waals surface area contributed by atoms with Gasteiger partial charge in [-0.3, -0.25) is 0 Å². The molecule has 0 aromatic rings. The van der Waals surface area contributed by atoms with Crippen molar-refractivity contribution in [2.45, 2.75) is 52.4 Å². The standard InChI is InChI=1S/C5H10.C3H8.2CH3.Pd/c1-2-4-5-3-1;1-3-2;;;/h1-5H2;3H2,1-2H3;2*1H3;/q;;2*-1;+2. The zero-order chi connectivity index (χ0) is 6.24. The molecular weight excluding hydrogens is 227 g/mol.